The minimum atomic E-state index is -4.44. The first kappa shape index (κ1) is 26.6. The fourth-order valence-electron chi connectivity index (χ4n) is 6.00. The Morgan fingerprint density at radius 1 is 1.18 bits per heavy atom. The molecule has 1 aliphatic carbocycles. The molecule has 1 N–H and O–H groups in total. The summed E-state index contributed by atoms with van der Waals surface area (Å²) in [5.74, 6) is 0.0329. The predicted octanol–water partition coefficient (Wildman–Crippen LogP) is 5.91. The van der Waals surface area contributed by atoms with Crippen LogP contribution in [0.2, 0.25) is 0 Å². The highest BCUT2D eigenvalue weighted by atomic mass is 19.4. The van der Waals surface area contributed by atoms with E-state index in [0.29, 0.717) is 42.5 Å². The fourth-order valence-corrected chi connectivity index (χ4v) is 6.00. The summed E-state index contributed by atoms with van der Waals surface area (Å²) in [5.41, 5.74) is 0.311. The van der Waals surface area contributed by atoms with Gasteiger partial charge in [-0.15, -0.1) is 0 Å². The summed E-state index contributed by atoms with van der Waals surface area (Å²) < 4.78 is 52.1. The second kappa shape index (κ2) is 10.3. The van der Waals surface area contributed by atoms with Gasteiger partial charge in [-0.25, -0.2) is 0 Å². The van der Waals surface area contributed by atoms with Gasteiger partial charge in [-0.3, -0.25) is 14.8 Å². The summed E-state index contributed by atoms with van der Waals surface area (Å²) in [4.78, 5) is 21.4. The molecule has 0 spiro atoms. The Bertz CT molecular complexity index is 1290. The van der Waals surface area contributed by atoms with Crippen molar-refractivity contribution in [1.82, 2.24) is 15.3 Å². The number of fused-ring (bicyclic) bond motifs is 1. The smallest absolute Gasteiger partial charge is 0.380 e. The number of rotatable bonds is 7. The minimum absolute atomic E-state index is 0.00201. The van der Waals surface area contributed by atoms with Gasteiger partial charge in [-0.2, -0.15) is 13.2 Å². The molecule has 2 aromatic heterocycles. The number of methoxy groups -OCH3 is 1. The number of nitrogens with one attached hydrogen (secondary N) is 1. The van der Waals surface area contributed by atoms with E-state index in [-0.39, 0.29) is 23.3 Å². The Labute approximate surface area is 220 Å². The lowest BCUT2D eigenvalue weighted by molar-refractivity contribution is -0.137. The van der Waals surface area contributed by atoms with Gasteiger partial charge in [0, 0.05) is 42.5 Å². The van der Waals surface area contributed by atoms with Gasteiger partial charge in [0.15, 0.2) is 0 Å². The highest BCUT2D eigenvalue weighted by molar-refractivity contribution is 5.94. The normalized spacial score (nSPS) is 24.0. The standard InChI is InChI=1S/C29H32F3N3O3/c1-27(17-38-18-27)15-25(35-26(36)20-4-3-12-33-16-20)19-7-10-28(37-2,11-8-19)23-9-13-34-24-6-5-21(14-22(23)24)29(30,31)32/h3-6,9,12-14,16,19,25H,7-8,10-11,15,17-18H2,1-2H3,(H,35,36). The highest BCUT2D eigenvalue weighted by Crippen LogP contribution is 2.47. The molecule has 1 saturated carbocycles. The van der Waals surface area contributed by atoms with Crippen molar-refractivity contribution < 1.29 is 27.4 Å². The first-order chi connectivity index (χ1) is 18.1. The Hall–Kier alpha value is -3.04. The van der Waals surface area contributed by atoms with Gasteiger partial charge < -0.3 is 14.8 Å². The number of nitrogens with zero attached hydrogens (tertiary/aromatic N) is 2. The molecule has 5 rings (SSSR count). The maximum absolute atomic E-state index is 13.5. The summed E-state index contributed by atoms with van der Waals surface area (Å²) in [6.07, 6.45) is 3.92. The number of pyridine rings is 2. The summed E-state index contributed by atoms with van der Waals surface area (Å²) in [6.45, 7) is 3.49. The maximum atomic E-state index is 13.5. The molecule has 9 heteroatoms. The fraction of sp³-hybridized carbons (Fsp3) is 0.483. The molecule has 2 aliphatic rings. The highest BCUT2D eigenvalue weighted by Gasteiger charge is 2.44. The van der Waals surface area contributed by atoms with Crippen molar-refractivity contribution in [1.29, 1.82) is 0 Å². The number of halogens is 3. The monoisotopic (exact) mass is 527 g/mol. The third-order valence-corrected chi connectivity index (χ3v) is 8.21. The molecular formula is C29H32F3N3O3. The molecule has 0 radical (unpaired) electrons. The molecule has 0 bridgehead atoms. The first-order valence-electron chi connectivity index (χ1n) is 12.9. The third kappa shape index (κ3) is 5.27. The molecule has 1 amide bonds. The molecule has 1 aromatic carbocycles. The van der Waals surface area contributed by atoms with Crippen LogP contribution >= 0.6 is 0 Å². The van der Waals surface area contributed by atoms with E-state index < -0.39 is 17.3 Å². The van der Waals surface area contributed by atoms with Crippen molar-refractivity contribution in [3.63, 3.8) is 0 Å². The Kier molecular flexibility index (Phi) is 7.17. The second-order valence-electron chi connectivity index (χ2n) is 11.0. The molecule has 1 saturated heterocycles. The Morgan fingerprint density at radius 3 is 2.55 bits per heavy atom. The van der Waals surface area contributed by atoms with Gasteiger partial charge >= 0.3 is 6.18 Å². The van der Waals surface area contributed by atoms with Crippen LogP contribution in [-0.4, -0.2) is 42.2 Å². The van der Waals surface area contributed by atoms with Crippen molar-refractivity contribution in [3.05, 3.63) is 71.7 Å². The SMILES string of the molecule is COC1(c2ccnc3ccc(C(F)(F)F)cc23)CCC(C(CC2(C)COC2)NC(=O)c2cccnc2)CC1. The lowest BCUT2D eigenvalue weighted by atomic mass is 9.69. The topological polar surface area (TPSA) is 73.3 Å². The first-order valence-corrected chi connectivity index (χ1v) is 12.9. The molecule has 6 nitrogen and oxygen atoms in total. The van der Waals surface area contributed by atoms with E-state index in [1.165, 1.54) is 12.1 Å². The summed E-state index contributed by atoms with van der Waals surface area (Å²) in [6, 6.07) is 8.85. The molecule has 3 aromatic rings. The van der Waals surface area contributed by atoms with Crippen LogP contribution in [-0.2, 0) is 21.3 Å². The average Bonchev–Trinajstić information content (AvgIpc) is 2.91. The molecule has 1 aliphatic heterocycles. The van der Waals surface area contributed by atoms with Gasteiger partial charge in [0.1, 0.15) is 0 Å². The molecule has 1 unspecified atom stereocenters. The molecule has 38 heavy (non-hydrogen) atoms. The van der Waals surface area contributed by atoms with Crippen molar-refractivity contribution in [2.75, 3.05) is 20.3 Å². The van der Waals surface area contributed by atoms with Crippen LogP contribution in [0.3, 0.4) is 0 Å². The summed E-state index contributed by atoms with van der Waals surface area (Å²) in [5, 5.41) is 3.72. The number of benzene rings is 1. The minimum Gasteiger partial charge on any atom is -0.380 e. The molecule has 3 heterocycles. The number of ether oxygens (including phenoxy) is 2. The van der Waals surface area contributed by atoms with E-state index in [0.717, 1.165) is 30.9 Å². The van der Waals surface area contributed by atoms with Gasteiger partial charge in [-0.05, 0) is 80.0 Å². The number of carbonyl (C=O) groups excluding carboxylic acids is 1. The van der Waals surface area contributed by atoms with E-state index in [9.17, 15) is 18.0 Å². The van der Waals surface area contributed by atoms with Crippen molar-refractivity contribution in [2.24, 2.45) is 11.3 Å². The quantitative estimate of drug-likeness (QED) is 0.414. The van der Waals surface area contributed by atoms with Gasteiger partial charge in [-0.1, -0.05) is 6.92 Å². The van der Waals surface area contributed by atoms with E-state index >= 15 is 0 Å². The number of hydrogen-bond donors (Lipinski definition) is 1. The number of alkyl halides is 3. The van der Waals surface area contributed by atoms with Gasteiger partial charge in [0.2, 0.25) is 0 Å². The molecular weight excluding hydrogens is 495 g/mol. The maximum Gasteiger partial charge on any atom is 0.416 e. The zero-order valence-electron chi connectivity index (χ0n) is 21.6. The summed E-state index contributed by atoms with van der Waals surface area (Å²) in [7, 11) is 1.62. The van der Waals surface area contributed by atoms with Gasteiger partial charge in [0.25, 0.3) is 5.91 Å². The van der Waals surface area contributed by atoms with Crippen LogP contribution in [0, 0.1) is 11.3 Å². The van der Waals surface area contributed by atoms with E-state index in [1.54, 1.807) is 43.9 Å². The number of carbonyl (C=O) groups is 1. The van der Waals surface area contributed by atoms with E-state index in [1.807, 2.05) is 0 Å². The Balaban J connectivity index is 1.40. The lowest BCUT2D eigenvalue weighted by Crippen LogP contribution is -2.50. The third-order valence-electron chi connectivity index (χ3n) is 8.21. The molecule has 1 atom stereocenters. The van der Waals surface area contributed by atoms with Crippen LogP contribution in [0.25, 0.3) is 10.9 Å². The van der Waals surface area contributed by atoms with Crippen molar-refractivity contribution in [2.45, 2.75) is 56.8 Å². The number of hydrogen-bond acceptors (Lipinski definition) is 5. The van der Waals surface area contributed by atoms with E-state index in [2.05, 4.69) is 22.2 Å². The van der Waals surface area contributed by atoms with Crippen LogP contribution in [0.4, 0.5) is 13.2 Å². The molecule has 2 fully saturated rings. The predicted molar refractivity (Wildman–Crippen MR) is 136 cm³/mol. The number of aromatic nitrogens is 2. The second-order valence-corrected chi connectivity index (χ2v) is 11.0. The zero-order chi connectivity index (χ0) is 27.0. The van der Waals surface area contributed by atoms with Gasteiger partial charge in [0.05, 0.1) is 35.5 Å². The molecule has 202 valence electrons. The average molecular weight is 528 g/mol. The van der Waals surface area contributed by atoms with Crippen molar-refractivity contribution >= 4 is 16.8 Å². The van der Waals surface area contributed by atoms with Crippen molar-refractivity contribution in [3.8, 4) is 0 Å². The largest absolute Gasteiger partial charge is 0.416 e. The van der Waals surface area contributed by atoms with Crippen LogP contribution in [0.15, 0.2) is 55.0 Å². The van der Waals surface area contributed by atoms with E-state index in [4.69, 9.17) is 9.47 Å². The van der Waals surface area contributed by atoms with Crippen LogP contribution in [0.5, 0.6) is 0 Å². The van der Waals surface area contributed by atoms with Crippen LogP contribution < -0.4 is 5.32 Å². The summed E-state index contributed by atoms with van der Waals surface area (Å²) >= 11 is 0. The lowest BCUT2D eigenvalue weighted by Gasteiger charge is -2.46. The zero-order valence-corrected chi connectivity index (χ0v) is 21.6. The number of amides is 1. The van der Waals surface area contributed by atoms with Crippen LogP contribution in [0.1, 0.15) is 60.5 Å². The Morgan fingerprint density at radius 2 is 1.95 bits per heavy atom.